The van der Waals surface area contributed by atoms with Crippen molar-refractivity contribution in [3.8, 4) is 11.5 Å². The van der Waals surface area contributed by atoms with E-state index in [1.165, 1.54) is 42.0 Å². The van der Waals surface area contributed by atoms with Crippen LogP contribution in [0.15, 0.2) is 36.4 Å². The first-order chi connectivity index (χ1) is 15.6. The van der Waals surface area contributed by atoms with E-state index in [0.29, 0.717) is 27.9 Å². The number of aliphatic carboxylic acids is 1. The minimum absolute atomic E-state index is 0.0980. The molecule has 0 saturated heterocycles. The van der Waals surface area contributed by atoms with Crippen LogP contribution in [0, 0.1) is 6.92 Å². The summed E-state index contributed by atoms with van der Waals surface area (Å²) in [4.78, 5) is 36.4. The summed E-state index contributed by atoms with van der Waals surface area (Å²) in [7, 11) is 1.42. The maximum Gasteiger partial charge on any atom is 0.387 e. The lowest BCUT2D eigenvalue weighted by Gasteiger charge is -2.10. The Morgan fingerprint density at radius 1 is 1.18 bits per heavy atom. The second-order valence-corrected chi connectivity index (χ2v) is 7.37. The number of aromatic nitrogens is 1. The number of alkyl halides is 2. The smallest absolute Gasteiger partial charge is 0.387 e. The standard InChI is InChI=1S/C22H19ClF2N2O6/c1-11-14(8-19(28)26-10-20(29)30)15-7-18(32-2)16(23)9-17(15)27(11)21(31)12-3-5-13(6-4-12)33-22(24)25/h3-7,9,22H,8,10H2,1-2H3,(H,26,28)(H,29,30). The van der Waals surface area contributed by atoms with Crippen LogP contribution in [0.2, 0.25) is 5.02 Å². The van der Waals surface area contributed by atoms with Crippen molar-refractivity contribution in [1.82, 2.24) is 9.88 Å². The summed E-state index contributed by atoms with van der Waals surface area (Å²) in [5.41, 5.74) is 1.49. The molecule has 2 N–H and O–H groups in total. The van der Waals surface area contributed by atoms with Crippen molar-refractivity contribution in [2.75, 3.05) is 13.7 Å². The van der Waals surface area contributed by atoms with E-state index in [9.17, 15) is 23.2 Å². The minimum Gasteiger partial charge on any atom is -0.495 e. The van der Waals surface area contributed by atoms with Gasteiger partial charge in [0, 0.05) is 16.6 Å². The van der Waals surface area contributed by atoms with Gasteiger partial charge in [0.15, 0.2) is 0 Å². The molecule has 33 heavy (non-hydrogen) atoms. The Kier molecular flexibility index (Phi) is 7.17. The lowest BCUT2D eigenvalue weighted by atomic mass is 10.1. The molecule has 8 nitrogen and oxygen atoms in total. The molecule has 174 valence electrons. The van der Waals surface area contributed by atoms with E-state index in [1.54, 1.807) is 13.0 Å². The number of ether oxygens (including phenoxy) is 2. The molecular formula is C22H19ClF2N2O6. The Hall–Kier alpha value is -3.66. The van der Waals surface area contributed by atoms with E-state index in [-0.39, 0.29) is 22.8 Å². The Labute approximate surface area is 191 Å². The lowest BCUT2D eigenvalue weighted by Crippen LogP contribution is -2.30. The number of hydrogen-bond donors (Lipinski definition) is 2. The number of carboxylic acids is 1. The molecule has 0 bridgehead atoms. The zero-order chi connectivity index (χ0) is 24.3. The fraction of sp³-hybridized carbons (Fsp3) is 0.227. The fourth-order valence-electron chi connectivity index (χ4n) is 3.43. The highest BCUT2D eigenvalue weighted by molar-refractivity contribution is 6.33. The zero-order valence-corrected chi connectivity index (χ0v) is 18.3. The molecule has 1 aromatic heterocycles. The summed E-state index contributed by atoms with van der Waals surface area (Å²) >= 11 is 6.27. The molecule has 0 aliphatic heterocycles. The second kappa shape index (κ2) is 9.86. The number of carbonyl (C=O) groups is 3. The first-order valence-electron chi connectivity index (χ1n) is 9.57. The number of hydrogen-bond acceptors (Lipinski definition) is 5. The van der Waals surface area contributed by atoms with Gasteiger partial charge in [-0.2, -0.15) is 8.78 Å². The van der Waals surface area contributed by atoms with Crippen molar-refractivity contribution >= 4 is 40.3 Å². The van der Waals surface area contributed by atoms with Gasteiger partial charge in [0.05, 0.1) is 24.1 Å². The summed E-state index contributed by atoms with van der Waals surface area (Å²) < 4.78 is 35.7. The summed E-state index contributed by atoms with van der Waals surface area (Å²) in [5.74, 6) is -1.99. The number of methoxy groups -OCH3 is 1. The first kappa shape index (κ1) is 24.0. The van der Waals surface area contributed by atoms with Gasteiger partial charge in [-0.1, -0.05) is 11.6 Å². The van der Waals surface area contributed by atoms with Gasteiger partial charge in [0.1, 0.15) is 18.0 Å². The topological polar surface area (TPSA) is 107 Å². The van der Waals surface area contributed by atoms with Crippen LogP contribution in [-0.2, 0) is 16.0 Å². The van der Waals surface area contributed by atoms with Gasteiger partial charge in [0.2, 0.25) is 5.91 Å². The number of carboxylic acid groups (broad SMARTS) is 1. The maximum absolute atomic E-state index is 13.3. The Balaban J connectivity index is 2.08. The van der Waals surface area contributed by atoms with Crippen LogP contribution in [0.3, 0.4) is 0 Å². The number of rotatable bonds is 8. The molecule has 2 aromatic carbocycles. The van der Waals surface area contributed by atoms with E-state index in [1.807, 2.05) is 0 Å². The molecule has 0 unspecified atom stereocenters. The van der Waals surface area contributed by atoms with Gasteiger partial charge in [-0.3, -0.25) is 19.0 Å². The first-order valence-corrected chi connectivity index (χ1v) is 9.95. The third-order valence-electron chi connectivity index (χ3n) is 4.91. The van der Waals surface area contributed by atoms with Gasteiger partial charge in [0.25, 0.3) is 5.91 Å². The van der Waals surface area contributed by atoms with Gasteiger partial charge in [-0.15, -0.1) is 0 Å². The van der Waals surface area contributed by atoms with Crippen LogP contribution < -0.4 is 14.8 Å². The minimum atomic E-state index is -2.99. The highest BCUT2D eigenvalue weighted by atomic mass is 35.5. The number of carbonyl (C=O) groups excluding carboxylic acids is 2. The van der Waals surface area contributed by atoms with Gasteiger partial charge in [-0.25, -0.2) is 0 Å². The Bertz CT molecular complexity index is 1220. The highest BCUT2D eigenvalue weighted by Crippen LogP contribution is 2.35. The van der Waals surface area contributed by atoms with Gasteiger partial charge >= 0.3 is 12.6 Å². The van der Waals surface area contributed by atoms with Crippen LogP contribution in [0.1, 0.15) is 21.6 Å². The van der Waals surface area contributed by atoms with Crippen molar-refractivity contribution in [3.05, 3.63) is 58.2 Å². The van der Waals surface area contributed by atoms with Crippen molar-refractivity contribution in [2.24, 2.45) is 0 Å². The van der Waals surface area contributed by atoms with Crippen LogP contribution in [0.4, 0.5) is 8.78 Å². The Morgan fingerprint density at radius 3 is 2.42 bits per heavy atom. The zero-order valence-electron chi connectivity index (χ0n) is 17.5. The molecule has 3 aromatic rings. The number of benzene rings is 2. The molecule has 11 heteroatoms. The third-order valence-corrected chi connectivity index (χ3v) is 5.21. The molecule has 1 heterocycles. The summed E-state index contributed by atoms with van der Waals surface area (Å²) in [5, 5.41) is 11.8. The third kappa shape index (κ3) is 5.23. The molecule has 0 aliphatic carbocycles. The van der Waals surface area contributed by atoms with Crippen LogP contribution in [0.5, 0.6) is 11.5 Å². The summed E-state index contributed by atoms with van der Waals surface area (Å²) in [6.07, 6.45) is -0.193. The molecule has 1 amide bonds. The molecule has 0 atom stereocenters. The number of halogens is 3. The van der Waals surface area contributed by atoms with E-state index >= 15 is 0 Å². The molecule has 0 saturated carbocycles. The van der Waals surface area contributed by atoms with E-state index in [4.69, 9.17) is 21.4 Å². The van der Waals surface area contributed by atoms with Crippen molar-refractivity contribution < 1.29 is 37.7 Å². The molecule has 0 radical (unpaired) electrons. The van der Waals surface area contributed by atoms with Crippen LogP contribution >= 0.6 is 11.6 Å². The molecular weight excluding hydrogens is 462 g/mol. The lowest BCUT2D eigenvalue weighted by molar-refractivity contribution is -0.137. The Morgan fingerprint density at radius 2 is 1.85 bits per heavy atom. The monoisotopic (exact) mass is 480 g/mol. The van der Waals surface area contributed by atoms with Crippen LogP contribution in [-0.4, -0.2) is 47.7 Å². The van der Waals surface area contributed by atoms with Gasteiger partial charge in [-0.05, 0) is 48.9 Å². The summed E-state index contributed by atoms with van der Waals surface area (Å²) in [6.45, 7) is -1.90. The van der Waals surface area contributed by atoms with Crippen molar-refractivity contribution in [3.63, 3.8) is 0 Å². The van der Waals surface area contributed by atoms with Crippen LogP contribution in [0.25, 0.3) is 10.9 Å². The van der Waals surface area contributed by atoms with E-state index < -0.39 is 30.9 Å². The molecule has 0 spiro atoms. The number of fused-ring (bicyclic) bond motifs is 1. The number of amides is 1. The molecule has 3 rings (SSSR count). The van der Waals surface area contributed by atoms with Crippen molar-refractivity contribution in [1.29, 1.82) is 0 Å². The largest absolute Gasteiger partial charge is 0.495 e. The maximum atomic E-state index is 13.3. The van der Waals surface area contributed by atoms with Gasteiger partial charge < -0.3 is 19.9 Å². The SMILES string of the molecule is COc1cc2c(CC(=O)NCC(=O)O)c(C)n(C(=O)c3ccc(OC(F)F)cc3)c2cc1Cl. The highest BCUT2D eigenvalue weighted by Gasteiger charge is 2.23. The quantitative estimate of drug-likeness (QED) is 0.510. The predicted molar refractivity (Wildman–Crippen MR) is 115 cm³/mol. The number of nitrogens with one attached hydrogen (secondary N) is 1. The fourth-order valence-corrected chi connectivity index (χ4v) is 3.66. The molecule has 0 aliphatic rings. The summed E-state index contributed by atoms with van der Waals surface area (Å²) in [6, 6.07) is 8.29. The predicted octanol–water partition coefficient (Wildman–Crippen LogP) is 3.64. The van der Waals surface area contributed by atoms with E-state index in [0.717, 1.165) is 0 Å². The normalized spacial score (nSPS) is 11.0. The second-order valence-electron chi connectivity index (χ2n) is 6.96. The van der Waals surface area contributed by atoms with E-state index in [2.05, 4.69) is 10.1 Å². The number of nitrogens with zero attached hydrogens (tertiary/aromatic N) is 1. The average molecular weight is 481 g/mol. The van der Waals surface area contributed by atoms with Crippen molar-refractivity contribution in [2.45, 2.75) is 20.0 Å². The molecule has 0 fully saturated rings. The average Bonchev–Trinajstić information content (AvgIpc) is 3.01.